The zero-order valence-electron chi connectivity index (χ0n) is 14.6. The number of carbonyl (C=O) groups excluding carboxylic acids is 2. The number of hydrogen-bond donors (Lipinski definition) is 3. The number of amides is 2. The van der Waals surface area contributed by atoms with Gasteiger partial charge in [0.25, 0.3) is 11.8 Å². The van der Waals surface area contributed by atoms with Crippen molar-refractivity contribution in [3.8, 4) is 0 Å². The number of benzene rings is 1. The number of likely N-dealkylation sites (N-methyl/N-ethyl adjacent to an activating group) is 1. The van der Waals surface area contributed by atoms with Gasteiger partial charge in [-0.2, -0.15) is 0 Å². The van der Waals surface area contributed by atoms with Crippen molar-refractivity contribution in [2.45, 2.75) is 24.9 Å². The molecule has 0 aliphatic heterocycles. The molecule has 1 aromatic carbocycles. The minimum absolute atomic E-state index is 0.0221. The van der Waals surface area contributed by atoms with Crippen LogP contribution in [0.5, 0.6) is 0 Å². The lowest BCUT2D eigenvalue weighted by molar-refractivity contribution is -0.862. The van der Waals surface area contributed by atoms with E-state index in [-0.39, 0.29) is 36.8 Å². The minimum Gasteiger partial charge on any atom is -0.348 e. The van der Waals surface area contributed by atoms with E-state index in [4.69, 9.17) is 0 Å². The van der Waals surface area contributed by atoms with E-state index < -0.39 is 0 Å². The van der Waals surface area contributed by atoms with Crippen molar-refractivity contribution >= 4 is 23.2 Å². The van der Waals surface area contributed by atoms with Gasteiger partial charge in [0.15, 0.2) is 13.1 Å². The molecule has 7 heteroatoms. The molecule has 0 bridgehead atoms. The first-order chi connectivity index (χ1) is 12.5. The highest BCUT2D eigenvalue weighted by atomic mass is 32.1. The Kier molecular flexibility index (Phi) is 6.00. The number of halogens is 1. The van der Waals surface area contributed by atoms with Gasteiger partial charge in [0.2, 0.25) is 0 Å². The molecule has 1 heterocycles. The summed E-state index contributed by atoms with van der Waals surface area (Å²) in [5.41, 5.74) is 0.825. The van der Waals surface area contributed by atoms with Crippen LogP contribution in [0.3, 0.4) is 0 Å². The number of carbonyl (C=O) groups is 2. The lowest BCUT2D eigenvalue weighted by Crippen LogP contribution is -3.11. The van der Waals surface area contributed by atoms with Crippen LogP contribution in [0.4, 0.5) is 4.39 Å². The average Bonchev–Trinajstić information content (AvgIpc) is 3.23. The van der Waals surface area contributed by atoms with Crippen molar-refractivity contribution in [2.24, 2.45) is 0 Å². The summed E-state index contributed by atoms with van der Waals surface area (Å²) >= 11 is 1.54. The summed E-state index contributed by atoms with van der Waals surface area (Å²) in [5.74, 6) is -0.480. The van der Waals surface area contributed by atoms with Crippen LogP contribution in [-0.2, 0) is 9.59 Å². The lowest BCUT2D eigenvalue weighted by atomic mass is 10.1. The topological polar surface area (TPSA) is 62.6 Å². The van der Waals surface area contributed by atoms with Crippen molar-refractivity contribution < 1.29 is 18.9 Å². The highest BCUT2D eigenvalue weighted by Gasteiger charge is 2.25. The summed E-state index contributed by atoms with van der Waals surface area (Å²) in [4.78, 5) is 26.1. The monoisotopic (exact) mass is 376 g/mol. The number of nitrogens with one attached hydrogen (secondary N) is 3. The van der Waals surface area contributed by atoms with E-state index in [9.17, 15) is 14.0 Å². The van der Waals surface area contributed by atoms with Crippen LogP contribution in [-0.4, -0.2) is 38.0 Å². The fourth-order valence-corrected chi connectivity index (χ4v) is 3.56. The second-order valence-corrected chi connectivity index (χ2v) is 7.70. The highest BCUT2D eigenvalue weighted by Crippen LogP contribution is 2.26. The summed E-state index contributed by atoms with van der Waals surface area (Å²) in [6.07, 6.45) is 2.09. The fourth-order valence-electron chi connectivity index (χ4n) is 2.76. The zero-order chi connectivity index (χ0) is 18.5. The molecule has 1 aromatic heterocycles. The molecule has 2 amide bonds. The van der Waals surface area contributed by atoms with Crippen LogP contribution in [0.1, 0.15) is 29.3 Å². The van der Waals surface area contributed by atoms with Gasteiger partial charge in [-0.1, -0.05) is 18.2 Å². The van der Waals surface area contributed by atoms with Crippen LogP contribution >= 0.6 is 11.3 Å². The SMILES string of the molecule is C[NH+](CC(=O)NC1CC1)CC(=O)N[C@@H](c1ccc(F)cc1)c1cccs1. The van der Waals surface area contributed by atoms with Gasteiger partial charge in [0.05, 0.1) is 13.1 Å². The molecule has 0 saturated heterocycles. The van der Waals surface area contributed by atoms with Gasteiger partial charge < -0.3 is 15.5 Å². The highest BCUT2D eigenvalue weighted by molar-refractivity contribution is 7.10. The molecule has 1 aliphatic carbocycles. The molecule has 1 fully saturated rings. The molecular formula is C19H23FN3O2S+. The summed E-state index contributed by atoms with van der Waals surface area (Å²) < 4.78 is 13.2. The molecule has 138 valence electrons. The molecular weight excluding hydrogens is 353 g/mol. The van der Waals surface area contributed by atoms with Gasteiger partial charge >= 0.3 is 0 Å². The van der Waals surface area contributed by atoms with Crippen molar-refractivity contribution in [3.63, 3.8) is 0 Å². The van der Waals surface area contributed by atoms with Gasteiger partial charge in [-0.3, -0.25) is 9.59 Å². The molecule has 1 unspecified atom stereocenters. The summed E-state index contributed by atoms with van der Waals surface area (Å²) in [6, 6.07) is 10.0. The van der Waals surface area contributed by atoms with Crippen molar-refractivity contribution in [1.82, 2.24) is 10.6 Å². The quantitative estimate of drug-likeness (QED) is 0.641. The maximum absolute atomic E-state index is 13.2. The molecule has 26 heavy (non-hydrogen) atoms. The van der Waals surface area contributed by atoms with Crippen LogP contribution in [0.25, 0.3) is 0 Å². The number of thiophene rings is 1. The fraction of sp³-hybridized carbons (Fsp3) is 0.368. The van der Waals surface area contributed by atoms with E-state index in [1.165, 1.54) is 23.5 Å². The molecule has 0 spiro atoms. The Morgan fingerprint density at radius 3 is 2.50 bits per heavy atom. The lowest BCUT2D eigenvalue weighted by Gasteiger charge is -2.20. The number of hydrogen-bond acceptors (Lipinski definition) is 3. The Labute approximate surface area is 156 Å². The number of quaternary nitrogens is 1. The smallest absolute Gasteiger partial charge is 0.275 e. The van der Waals surface area contributed by atoms with Crippen molar-refractivity contribution in [3.05, 3.63) is 58.0 Å². The Balaban J connectivity index is 1.59. The van der Waals surface area contributed by atoms with Crippen LogP contribution < -0.4 is 15.5 Å². The first-order valence-corrected chi connectivity index (χ1v) is 9.58. The van der Waals surface area contributed by atoms with Gasteiger partial charge in [0.1, 0.15) is 5.82 Å². The first kappa shape index (κ1) is 18.5. The van der Waals surface area contributed by atoms with Gasteiger partial charge in [-0.25, -0.2) is 4.39 Å². The van der Waals surface area contributed by atoms with Crippen LogP contribution in [0, 0.1) is 5.82 Å². The Morgan fingerprint density at radius 1 is 1.19 bits per heavy atom. The maximum atomic E-state index is 13.2. The molecule has 3 N–H and O–H groups in total. The Morgan fingerprint density at radius 2 is 1.88 bits per heavy atom. The summed E-state index contributed by atoms with van der Waals surface area (Å²) in [6.45, 7) is 0.464. The third kappa shape index (κ3) is 5.37. The molecule has 1 aliphatic rings. The second-order valence-electron chi connectivity index (χ2n) is 6.72. The van der Waals surface area contributed by atoms with E-state index >= 15 is 0 Å². The standard InChI is InChI=1S/C19H22FN3O2S/c1-23(11-17(24)21-15-8-9-15)12-18(25)22-19(16-3-2-10-26-16)13-4-6-14(20)7-5-13/h2-7,10,15,19H,8-9,11-12H2,1H3,(H,21,24)(H,22,25)/p+1/t19-/m0/s1. The molecule has 3 rings (SSSR count). The first-order valence-electron chi connectivity index (χ1n) is 8.70. The predicted octanol–water partition coefficient (Wildman–Crippen LogP) is 0.886. The Bertz CT molecular complexity index is 745. The van der Waals surface area contributed by atoms with Crippen molar-refractivity contribution in [2.75, 3.05) is 20.1 Å². The third-order valence-corrected chi connectivity index (χ3v) is 5.14. The molecule has 2 aromatic rings. The van der Waals surface area contributed by atoms with Crippen molar-refractivity contribution in [1.29, 1.82) is 0 Å². The second kappa shape index (κ2) is 8.42. The van der Waals surface area contributed by atoms with Gasteiger partial charge in [-0.15, -0.1) is 11.3 Å². The van der Waals surface area contributed by atoms with Crippen LogP contribution in [0.2, 0.25) is 0 Å². The van der Waals surface area contributed by atoms with E-state index in [2.05, 4.69) is 10.6 Å². The third-order valence-electron chi connectivity index (χ3n) is 4.20. The summed E-state index contributed by atoms with van der Waals surface area (Å²) in [5, 5.41) is 7.88. The molecule has 5 nitrogen and oxygen atoms in total. The summed E-state index contributed by atoms with van der Waals surface area (Å²) in [7, 11) is 1.82. The largest absolute Gasteiger partial charge is 0.348 e. The molecule has 0 radical (unpaired) electrons. The molecule has 2 atom stereocenters. The van der Waals surface area contributed by atoms with Gasteiger partial charge in [-0.05, 0) is 42.0 Å². The van der Waals surface area contributed by atoms with E-state index in [0.29, 0.717) is 6.04 Å². The van der Waals surface area contributed by atoms with E-state index in [1.54, 1.807) is 12.1 Å². The normalized spacial score (nSPS) is 15.9. The van der Waals surface area contributed by atoms with E-state index in [0.717, 1.165) is 28.2 Å². The predicted molar refractivity (Wildman–Crippen MR) is 98.5 cm³/mol. The average molecular weight is 376 g/mol. The van der Waals surface area contributed by atoms with Gasteiger partial charge in [0, 0.05) is 10.9 Å². The minimum atomic E-state index is -0.323. The van der Waals surface area contributed by atoms with Crippen LogP contribution in [0.15, 0.2) is 41.8 Å². The molecule has 1 saturated carbocycles. The zero-order valence-corrected chi connectivity index (χ0v) is 15.4. The Hall–Kier alpha value is -2.25. The maximum Gasteiger partial charge on any atom is 0.275 e. The van der Waals surface area contributed by atoms with E-state index in [1.807, 2.05) is 24.6 Å². The number of rotatable bonds is 8.